The number of aryl methyl sites for hydroxylation is 1. The van der Waals surface area contributed by atoms with Gasteiger partial charge in [0, 0.05) is 11.0 Å². The van der Waals surface area contributed by atoms with E-state index in [9.17, 15) is 5.11 Å². The first-order valence-electron chi connectivity index (χ1n) is 3.79. The molecule has 0 amide bonds. The maximum atomic E-state index is 9.46. The monoisotopic (exact) mass is 229 g/mol. The molecule has 0 saturated carbocycles. The summed E-state index contributed by atoms with van der Waals surface area (Å²) in [6, 6.07) is 5.76. The van der Waals surface area contributed by atoms with Gasteiger partial charge < -0.3 is 10.8 Å². The number of hydrogen-bond donors (Lipinski definition) is 2. The number of aliphatic hydroxyl groups is 1. The molecule has 3 heteroatoms. The zero-order valence-corrected chi connectivity index (χ0v) is 8.51. The summed E-state index contributed by atoms with van der Waals surface area (Å²) in [7, 11) is 0. The topological polar surface area (TPSA) is 46.2 Å². The average Bonchev–Trinajstić information content (AvgIpc) is 2.03. The second-order valence-electron chi connectivity index (χ2n) is 2.75. The van der Waals surface area contributed by atoms with E-state index < -0.39 is 6.10 Å². The smallest absolute Gasteiger partial charge is 0.0914 e. The lowest BCUT2D eigenvalue weighted by Gasteiger charge is -2.11. The minimum atomic E-state index is -0.543. The zero-order chi connectivity index (χ0) is 9.14. The van der Waals surface area contributed by atoms with E-state index in [4.69, 9.17) is 5.73 Å². The van der Waals surface area contributed by atoms with Crippen LogP contribution in [-0.2, 0) is 0 Å². The predicted molar refractivity (Wildman–Crippen MR) is 52.9 cm³/mol. The highest BCUT2D eigenvalue weighted by atomic mass is 79.9. The van der Waals surface area contributed by atoms with Crippen LogP contribution in [-0.4, -0.2) is 11.7 Å². The number of halogens is 1. The van der Waals surface area contributed by atoms with Gasteiger partial charge in [-0.25, -0.2) is 0 Å². The van der Waals surface area contributed by atoms with Gasteiger partial charge in [0.1, 0.15) is 0 Å². The van der Waals surface area contributed by atoms with Crippen molar-refractivity contribution >= 4 is 15.9 Å². The third-order valence-corrected chi connectivity index (χ3v) is 2.31. The van der Waals surface area contributed by atoms with Crippen molar-refractivity contribution < 1.29 is 5.11 Å². The molecule has 1 rings (SSSR count). The van der Waals surface area contributed by atoms with Crippen molar-refractivity contribution in [3.63, 3.8) is 0 Å². The van der Waals surface area contributed by atoms with Gasteiger partial charge in [-0.15, -0.1) is 0 Å². The van der Waals surface area contributed by atoms with Crippen molar-refractivity contribution in [3.8, 4) is 0 Å². The average molecular weight is 230 g/mol. The zero-order valence-electron chi connectivity index (χ0n) is 6.92. The van der Waals surface area contributed by atoms with Gasteiger partial charge in [0.05, 0.1) is 6.10 Å². The van der Waals surface area contributed by atoms with Gasteiger partial charge in [-0.3, -0.25) is 0 Å². The maximum Gasteiger partial charge on any atom is 0.0914 e. The van der Waals surface area contributed by atoms with E-state index in [2.05, 4.69) is 15.9 Å². The van der Waals surface area contributed by atoms with Crippen LogP contribution >= 0.6 is 15.9 Å². The molecule has 12 heavy (non-hydrogen) atoms. The van der Waals surface area contributed by atoms with E-state index in [1.807, 2.05) is 25.1 Å². The van der Waals surface area contributed by atoms with Crippen molar-refractivity contribution in [2.24, 2.45) is 5.73 Å². The molecule has 0 aliphatic rings. The van der Waals surface area contributed by atoms with Crippen molar-refractivity contribution in [1.29, 1.82) is 0 Å². The Hall–Kier alpha value is -0.380. The molecule has 0 spiro atoms. The van der Waals surface area contributed by atoms with E-state index in [1.54, 1.807) is 0 Å². The first kappa shape index (κ1) is 9.71. The van der Waals surface area contributed by atoms with Gasteiger partial charge in [0.25, 0.3) is 0 Å². The van der Waals surface area contributed by atoms with Crippen LogP contribution in [0.2, 0.25) is 0 Å². The quantitative estimate of drug-likeness (QED) is 0.812. The summed E-state index contributed by atoms with van der Waals surface area (Å²) in [4.78, 5) is 0. The van der Waals surface area contributed by atoms with Gasteiger partial charge in [-0.2, -0.15) is 0 Å². The largest absolute Gasteiger partial charge is 0.387 e. The summed E-state index contributed by atoms with van der Waals surface area (Å²) < 4.78 is 1.02. The molecule has 2 nitrogen and oxygen atoms in total. The predicted octanol–water partition coefficient (Wildman–Crippen LogP) is 1.75. The third kappa shape index (κ3) is 2.06. The second kappa shape index (κ2) is 4.03. The summed E-state index contributed by atoms with van der Waals surface area (Å²) in [6.07, 6.45) is -0.543. The molecule has 0 fully saturated rings. The first-order chi connectivity index (χ1) is 5.65. The van der Waals surface area contributed by atoms with Crippen LogP contribution in [0.1, 0.15) is 17.2 Å². The molecule has 0 saturated heterocycles. The highest BCUT2D eigenvalue weighted by molar-refractivity contribution is 9.10. The van der Waals surface area contributed by atoms with Crippen molar-refractivity contribution in [1.82, 2.24) is 0 Å². The Morgan fingerprint density at radius 3 is 2.75 bits per heavy atom. The van der Waals surface area contributed by atoms with Crippen LogP contribution in [0.4, 0.5) is 0 Å². The van der Waals surface area contributed by atoms with E-state index >= 15 is 0 Å². The van der Waals surface area contributed by atoms with Crippen LogP contribution in [0, 0.1) is 6.92 Å². The van der Waals surface area contributed by atoms with Crippen LogP contribution in [0.15, 0.2) is 22.7 Å². The number of hydrogen-bond acceptors (Lipinski definition) is 2. The van der Waals surface area contributed by atoms with Crippen molar-refractivity contribution in [2.45, 2.75) is 13.0 Å². The Labute approximate surface area is 80.5 Å². The molecule has 0 radical (unpaired) electrons. The third-order valence-electron chi connectivity index (χ3n) is 1.81. The summed E-state index contributed by atoms with van der Waals surface area (Å²) >= 11 is 3.35. The lowest BCUT2D eigenvalue weighted by atomic mass is 10.0. The van der Waals surface area contributed by atoms with Crippen LogP contribution < -0.4 is 5.73 Å². The molecule has 0 bridgehead atoms. The SMILES string of the molecule is Cc1cc(Br)ccc1[C@H](O)CN. The van der Waals surface area contributed by atoms with E-state index in [-0.39, 0.29) is 6.54 Å². The maximum absolute atomic E-state index is 9.46. The molecule has 0 heterocycles. The Bertz CT molecular complexity index is 275. The van der Waals surface area contributed by atoms with E-state index in [0.29, 0.717) is 0 Å². The van der Waals surface area contributed by atoms with Crippen molar-refractivity contribution in [2.75, 3.05) is 6.54 Å². The van der Waals surface area contributed by atoms with E-state index in [0.717, 1.165) is 15.6 Å². The fourth-order valence-corrected chi connectivity index (χ4v) is 1.62. The number of rotatable bonds is 2. The number of nitrogens with two attached hydrogens (primary N) is 1. The Morgan fingerprint density at radius 1 is 1.58 bits per heavy atom. The summed E-state index contributed by atoms with van der Waals surface area (Å²) in [5.41, 5.74) is 7.31. The normalized spacial score (nSPS) is 13.0. The van der Waals surface area contributed by atoms with Gasteiger partial charge in [-0.1, -0.05) is 22.0 Å². The fourth-order valence-electron chi connectivity index (χ4n) is 1.14. The summed E-state index contributed by atoms with van der Waals surface area (Å²) in [5, 5.41) is 9.46. The van der Waals surface area contributed by atoms with Crippen LogP contribution in [0.5, 0.6) is 0 Å². The molecule has 1 atom stereocenters. The lowest BCUT2D eigenvalue weighted by molar-refractivity contribution is 0.186. The highest BCUT2D eigenvalue weighted by Gasteiger charge is 2.07. The van der Waals surface area contributed by atoms with Gasteiger partial charge >= 0.3 is 0 Å². The Kier molecular flexibility index (Phi) is 3.26. The first-order valence-corrected chi connectivity index (χ1v) is 4.58. The standard InChI is InChI=1S/C9H12BrNO/c1-6-4-7(10)2-3-8(6)9(12)5-11/h2-4,9,12H,5,11H2,1H3/t9-/m1/s1. The fraction of sp³-hybridized carbons (Fsp3) is 0.333. The molecular formula is C9H12BrNO. The highest BCUT2D eigenvalue weighted by Crippen LogP contribution is 2.20. The Morgan fingerprint density at radius 2 is 2.25 bits per heavy atom. The number of benzene rings is 1. The van der Waals surface area contributed by atoms with Crippen molar-refractivity contribution in [3.05, 3.63) is 33.8 Å². The summed E-state index contributed by atoms with van der Waals surface area (Å²) in [6.45, 7) is 2.22. The molecule has 0 aromatic heterocycles. The molecule has 0 aliphatic carbocycles. The molecule has 3 N–H and O–H groups in total. The molecular weight excluding hydrogens is 218 g/mol. The minimum absolute atomic E-state index is 0.266. The second-order valence-corrected chi connectivity index (χ2v) is 3.67. The van der Waals surface area contributed by atoms with Crippen LogP contribution in [0.3, 0.4) is 0 Å². The molecule has 1 aromatic rings. The lowest BCUT2D eigenvalue weighted by Crippen LogP contribution is -2.12. The minimum Gasteiger partial charge on any atom is -0.387 e. The summed E-state index contributed by atoms with van der Waals surface area (Å²) in [5.74, 6) is 0. The van der Waals surface area contributed by atoms with Gasteiger partial charge in [0.2, 0.25) is 0 Å². The molecule has 66 valence electrons. The number of aliphatic hydroxyl groups excluding tert-OH is 1. The van der Waals surface area contributed by atoms with Gasteiger partial charge in [-0.05, 0) is 30.2 Å². The molecule has 0 aliphatic heterocycles. The van der Waals surface area contributed by atoms with E-state index in [1.165, 1.54) is 0 Å². The Balaban J connectivity index is 3.01. The van der Waals surface area contributed by atoms with Crippen LogP contribution in [0.25, 0.3) is 0 Å². The molecule has 1 aromatic carbocycles. The van der Waals surface area contributed by atoms with Gasteiger partial charge in [0.15, 0.2) is 0 Å². The molecule has 0 unspecified atom stereocenters.